The van der Waals surface area contributed by atoms with Crippen molar-refractivity contribution in [1.29, 1.82) is 0 Å². The number of hydrogen-bond acceptors (Lipinski definition) is 6. The van der Waals surface area contributed by atoms with Gasteiger partial charge in [-0.3, -0.25) is 4.79 Å². The number of likely N-dealkylation sites (tertiary alicyclic amines) is 1. The number of piperidine rings is 1. The highest BCUT2D eigenvalue weighted by molar-refractivity contribution is 7.89. The van der Waals surface area contributed by atoms with Gasteiger partial charge in [0.05, 0.1) is 11.4 Å². The first kappa shape index (κ1) is 23.4. The number of carbonyl (C=O) groups excluding carboxylic acids is 1. The fourth-order valence-corrected chi connectivity index (χ4v) is 5.99. The number of sulfonamides is 1. The third kappa shape index (κ3) is 5.93. The highest BCUT2D eigenvalue weighted by atomic mass is 32.2. The summed E-state index contributed by atoms with van der Waals surface area (Å²) in [7, 11) is -3.86. The summed E-state index contributed by atoms with van der Waals surface area (Å²) in [6, 6.07) is 5.32. The molecule has 0 radical (unpaired) electrons. The van der Waals surface area contributed by atoms with Gasteiger partial charge in [-0.15, -0.1) is 0 Å². The summed E-state index contributed by atoms with van der Waals surface area (Å²) in [5.74, 6) is 0.396. The van der Waals surface area contributed by atoms with Crippen molar-refractivity contribution >= 4 is 21.7 Å². The molecule has 1 aliphatic rings. The zero-order valence-electron chi connectivity index (χ0n) is 18.8. The summed E-state index contributed by atoms with van der Waals surface area (Å²) in [6.45, 7) is 9.75. The van der Waals surface area contributed by atoms with Crippen LogP contribution in [0.1, 0.15) is 41.7 Å². The predicted molar refractivity (Wildman–Crippen MR) is 120 cm³/mol. The van der Waals surface area contributed by atoms with Crippen molar-refractivity contribution < 1.29 is 17.7 Å². The third-order valence-corrected chi connectivity index (χ3v) is 7.68. The largest absolute Gasteiger partial charge is 0.360 e. The fourth-order valence-electron chi connectivity index (χ4n) is 4.19. The molecule has 2 aromatic rings. The lowest BCUT2D eigenvalue weighted by Gasteiger charge is -2.30. The zero-order chi connectivity index (χ0) is 22.6. The van der Waals surface area contributed by atoms with Crippen molar-refractivity contribution in [2.45, 2.75) is 51.9 Å². The van der Waals surface area contributed by atoms with Crippen LogP contribution in [0.4, 0.5) is 5.82 Å². The van der Waals surface area contributed by atoms with E-state index in [1.165, 1.54) is 10.7 Å². The van der Waals surface area contributed by atoms with Crippen LogP contribution in [0.2, 0.25) is 0 Å². The van der Waals surface area contributed by atoms with Crippen molar-refractivity contribution in [2.75, 3.05) is 38.0 Å². The maximum absolute atomic E-state index is 13.6. The Balaban J connectivity index is 1.83. The summed E-state index contributed by atoms with van der Waals surface area (Å²) in [6.07, 6.45) is 3.45. The van der Waals surface area contributed by atoms with Crippen LogP contribution in [-0.4, -0.2) is 61.4 Å². The Morgan fingerprint density at radius 1 is 1.10 bits per heavy atom. The van der Waals surface area contributed by atoms with E-state index in [-0.39, 0.29) is 23.8 Å². The van der Waals surface area contributed by atoms with E-state index in [0.29, 0.717) is 23.4 Å². The molecule has 1 aromatic carbocycles. The van der Waals surface area contributed by atoms with Gasteiger partial charge in [0.15, 0.2) is 5.82 Å². The minimum atomic E-state index is -3.86. The van der Waals surface area contributed by atoms with E-state index >= 15 is 0 Å². The Bertz CT molecular complexity index is 1000. The Morgan fingerprint density at radius 3 is 2.32 bits per heavy atom. The smallest absolute Gasteiger partial charge is 0.244 e. The Labute approximate surface area is 184 Å². The van der Waals surface area contributed by atoms with Crippen LogP contribution in [0.15, 0.2) is 27.6 Å². The quantitative estimate of drug-likeness (QED) is 0.667. The monoisotopic (exact) mass is 448 g/mol. The van der Waals surface area contributed by atoms with Gasteiger partial charge in [-0.1, -0.05) is 29.3 Å². The second-order valence-electron chi connectivity index (χ2n) is 8.34. The SMILES string of the molecule is Cc1cc(C)c(S(=O)(=O)N(CCN2CCCCC2)CC(=O)Nc2cc(C)on2)c(C)c1. The number of nitrogens with zero attached hydrogens (tertiary/aromatic N) is 3. The van der Waals surface area contributed by atoms with Gasteiger partial charge < -0.3 is 14.7 Å². The van der Waals surface area contributed by atoms with Gasteiger partial charge in [0.25, 0.3) is 0 Å². The number of anilines is 1. The van der Waals surface area contributed by atoms with Crippen LogP contribution in [0.5, 0.6) is 0 Å². The summed E-state index contributed by atoms with van der Waals surface area (Å²) < 4.78 is 33.5. The minimum Gasteiger partial charge on any atom is -0.360 e. The number of carbonyl (C=O) groups is 1. The molecule has 0 aliphatic carbocycles. The maximum atomic E-state index is 13.6. The van der Waals surface area contributed by atoms with Gasteiger partial charge in [0, 0.05) is 19.2 Å². The van der Waals surface area contributed by atoms with Gasteiger partial charge >= 0.3 is 0 Å². The first-order valence-corrected chi connectivity index (χ1v) is 12.1. The average Bonchev–Trinajstić information content (AvgIpc) is 3.09. The number of benzene rings is 1. The topological polar surface area (TPSA) is 95.8 Å². The predicted octanol–water partition coefficient (Wildman–Crippen LogP) is 3.02. The molecule has 9 heteroatoms. The maximum Gasteiger partial charge on any atom is 0.244 e. The molecule has 1 N–H and O–H groups in total. The molecule has 0 saturated carbocycles. The third-order valence-electron chi connectivity index (χ3n) is 5.53. The molecular weight excluding hydrogens is 416 g/mol. The zero-order valence-corrected chi connectivity index (χ0v) is 19.6. The lowest BCUT2D eigenvalue weighted by atomic mass is 10.1. The van der Waals surface area contributed by atoms with Gasteiger partial charge in [0.1, 0.15) is 5.76 Å². The second kappa shape index (κ2) is 9.93. The molecule has 1 aliphatic heterocycles. The molecule has 1 fully saturated rings. The van der Waals surface area contributed by atoms with Crippen LogP contribution in [0.3, 0.4) is 0 Å². The number of hydrogen-bond donors (Lipinski definition) is 1. The standard InChI is InChI=1S/C22H32N4O4S/c1-16-12-17(2)22(18(3)13-16)31(28,29)26(11-10-25-8-6-5-7-9-25)15-21(27)23-20-14-19(4)30-24-20/h12-14H,5-11,15H2,1-4H3,(H,23,24,27). The molecule has 1 amide bonds. The molecule has 31 heavy (non-hydrogen) atoms. The first-order valence-electron chi connectivity index (χ1n) is 10.7. The van der Waals surface area contributed by atoms with E-state index in [4.69, 9.17) is 4.52 Å². The molecule has 170 valence electrons. The normalized spacial score (nSPS) is 15.4. The average molecular weight is 449 g/mol. The van der Waals surface area contributed by atoms with E-state index in [0.717, 1.165) is 31.5 Å². The first-order chi connectivity index (χ1) is 14.7. The molecule has 0 unspecified atom stereocenters. The molecule has 0 atom stereocenters. The van der Waals surface area contributed by atoms with Crippen LogP contribution >= 0.6 is 0 Å². The van der Waals surface area contributed by atoms with Crippen molar-refractivity contribution in [3.63, 3.8) is 0 Å². The van der Waals surface area contributed by atoms with E-state index in [2.05, 4.69) is 15.4 Å². The van der Waals surface area contributed by atoms with Gasteiger partial charge in [0.2, 0.25) is 15.9 Å². The minimum absolute atomic E-state index is 0.250. The van der Waals surface area contributed by atoms with E-state index in [1.807, 2.05) is 19.1 Å². The van der Waals surface area contributed by atoms with Crippen molar-refractivity contribution in [1.82, 2.24) is 14.4 Å². The highest BCUT2D eigenvalue weighted by Crippen LogP contribution is 2.25. The molecule has 2 heterocycles. The molecule has 1 aromatic heterocycles. The lowest BCUT2D eigenvalue weighted by Crippen LogP contribution is -2.44. The summed E-state index contributed by atoms with van der Waals surface area (Å²) >= 11 is 0. The molecule has 3 rings (SSSR count). The molecule has 1 saturated heterocycles. The van der Waals surface area contributed by atoms with Crippen LogP contribution in [0, 0.1) is 27.7 Å². The van der Waals surface area contributed by atoms with Gasteiger partial charge in [-0.05, 0) is 64.8 Å². The lowest BCUT2D eigenvalue weighted by molar-refractivity contribution is -0.116. The van der Waals surface area contributed by atoms with Gasteiger partial charge in [-0.25, -0.2) is 8.42 Å². The van der Waals surface area contributed by atoms with Crippen LogP contribution < -0.4 is 5.32 Å². The molecule has 0 spiro atoms. The van der Waals surface area contributed by atoms with E-state index in [1.54, 1.807) is 26.8 Å². The summed E-state index contributed by atoms with van der Waals surface area (Å²) in [5, 5.41) is 6.39. The van der Waals surface area contributed by atoms with Crippen LogP contribution in [0.25, 0.3) is 0 Å². The van der Waals surface area contributed by atoms with Crippen molar-refractivity contribution in [3.05, 3.63) is 40.6 Å². The summed E-state index contributed by atoms with van der Waals surface area (Å²) in [4.78, 5) is 15.2. The molecule has 0 bridgehead atoms. The molecular formula is C22H32N4O4S. The summed E-state index contributed by atoms with van der Waals surface area (Å²) in [5.41, 5.74) is 2.38. The fraction of sp³-hybridized carbons (Fsp3) is 0.545. The van der Waals surface area contributed by atoms with E-state index in [9.17, 15) is 13.2 Å². The van der Waals surface area contributed by atoms with E-state index < -0.39 is 15.9 Å². The number of rotatable bonds is 8. The highest BCUT2D eigenvalue weighted by Gasteiger charge is 2.30. The van der Waals surface area contributed by atoms with Gasteiger partial charge in [-0.2, -0.15) is 4.31 Å². The second-order valence-corrected chi connectivity index (χ2v) is 10.2. The number of amides is 1. The number of aromatic nitrogens is 1. The van der Waals surface area contributed by atoms with Crippen LogP contribution in [-0.2, 0) is 14.8 Å². The molecule has 8 nitrogen and oxygen atoms in total. The van der Waals surface area contributed by atoms with Crippen molar-refractivity contribution in [2.24, 2.45) is 0 Å². The number of nitrogens with one attached hydrogen (secondary N) is 1. The number of aryl methyl sites for hydroxylation is 4. The Morgan fingerprint density at radius 2 is 1.74 bits per heavy atom. The van der Waals surface area contributed by atoms with Crippen molar-refractivity contribution in [3.8, 4) is 0 Å². The Kier molecular flexibility index (Phi) is 7.51. The Hall–Kier alpha value is -2.23.